The Hall–Kier alpha value is -0.830. The zero-order valence-corrected chi connectivity index (χ0v) is 8.16. The van der Waals surface area contributed by atoms with Crippen molar-refractivity contribution in [1.29, 1.82) is 0 Å². The molecule has 13 heavy (non-hydrogen) atoms. The first-order chi connectivity index (χ1) is 6.40. The van der Waals surface area contributed by atoms with Gasteiger partial charge in [-0.1, -0.05) is 6.92 Å². The molecule has 3 nitrogen and oxygen atoms in total. The van der Waals surface area contributed by atoms with E-state index < -0.39 is 0 Å². The summed E-state index contributed by atoms with van der Waals surface area (Å²) in [5.41, 5.74) is 0. The Morgan fingerprint density at radius 2 is 2.46 bits per heavy atom. The summed E-state index contributed by atoms with van der Waals surface area (Å²) < 4.78 is 2.23. The fourth-order valence-corrected chi connectivity index (χ4v) is 1.47. The predicted octanol–water partition coefficient (Wildman–Crippen LogP) is 1.55. The molecule has 1 saturated carbocycles. The van der Waals surface area contributed by atoms with Crippen LogP contribution >= 0.6 is 0 Å². The lowest BCUT2D eigenvalue weighted by molar-refractivity contribution is 0.586. The Labute approximate surface area is 79.2 Å². The van der Waals surface area contributed by atoms with Crippen LogP contribution in [0.3, 0.4) is 0 Å². The molecule has 1 aromatic heterocycles. The van der Waals surface area contributed by atoms with Crippen LogP contribution in [-0.4, -0.2) is 15.6 Å². The van der Waals surface area contributed by atoms with Gasteiger partial charge < -0.3 is 9.88 Å². The summed E-state index contributed by atoms with van der Waals surface area (Å²) in [6.07, 6.45) is 7.81. The highest BCUT2D eigenvalue weighted by Crippen LogP contribution is 2.19. The summed E-state index contributed by atoms with van der Waals surface area (Å²) in [5, 5.41) is 3.47. The Morgan fingerprint density at radius 3 is 3.15 bits per heavy atom. The van der Waals surface area contributed by atoms with E-state index in [0.29, 0.717) is 0 Å². The highest BCUT2D eigenvalue weighted by molar-refractivity contribution is 4.93. The lowest BCUT2D eigenvalue weighted by atomic mass is 10.4. The summed E-state index contributed by atoms with van der Waals surface area (Å²) in [6, 6.07) is 0.770. The second-order valence-electron chi connectivity index (χ2n) is 3.69. The number of aromatic nitrogens is 2. The van der Waals surface area contributed by atoms with Gasteiger partial charge in [-0.25, -0.2) is 4.98 Å². The van der Waals surface area contributed by atoms with Crippen molar-refractivity contribution in [2.45, 2.75) is 45.3 Å². The average molecular weight is 179 g/mol. The van der Waals surface area contributed by atoms with Gasteiger partial charge in [-0.15, -0.1) is 0 Å². The predicted molar refractivity (Wildman–Crippen MR) is 52.4 cm³/mol. The third kappa shape index (κ3) is 2.31. The largest absolute Gasteiger partial charge is 0.334 e. The molecule has 3 heteroatoms. The first kappa shape index (κ1) is 8.75. The van der Waals surface area contributed by atoms with Crippen LogP contribution in [0.4, 0.5) is 0 Å². The molecule has 1 N–H and O–H groups in total. The van der Waals surface area contributed by atoms with Crippen LogP contribution in [0.5, 0.6) is 0 Å². The van der Waals surface area contributed by atoms with E-state index in [1.807, 2.05) is 6.20 Å². The quantitative estimate of drug-likeness (QED) is 0.743. The number of nitrogens with zero attached hydrogens (tertiary/aromatic N) is 2. The Morgan fingerprint density at radius 1 is 1.62 bits per heavy atom. The van der Waals surface area contributed by atoms with Crippen molar-refractivity contribution in [2.75, 3.05) is 0 Å². The fourth-order valence-electron chi connectivity index (χ4n) is 1.47. The molecule has 1 heterocycles. The maximum atomic E-state index is 4.34. The Balaban J connectivity index is 1.88. The third-order valence-electron chi connectivity index (χ3n) is 2.39. The molecule has 0 spiro atoms. The molecule has 1 fully saturated rings. The van der Waals surface area contributed by atoms with Gasteiger partial charge in [0.15, 0.2) is 0 Å². The van der Waals surface area contributed by atoms with E-state index in [-0.39, 0.29) is 0 Å². The second kappa shape index (κ2) is 3.92. The number of aryl methyl sites for hydroxylation is 1. The smallest absolute Gasteiger partial charge is 0.122 e. The molecule has 72 valence electrons. The van der Waals surface area contributed by atoms with Crippen molar-refractivity contribution in [3.63, 3.8) is 0 Å². The minimum atomic E-state index is 0.770. The lowest BCUT2D eigenvalue weighted by Gasteiger charge is -2.06. The van der Waals surface area contributed by atoms with Gasteiger partial charge in [-0.3, -0.25) is 0 Å². The van der Waals surface area contributed by atoms with Crippen LogP contribution in [0, 0.1) is 0 Å². The van der Waals surface area contributed by atoms with Gasteiger partial charge in [0.05, 0.1) is 6.54 Å². The number of hydrogen-bond donors (Lipinski definition) is 1. The molecule has 0 radical (unpaired) electrons. The van der Waals surface area contributed by atoms with Crippen molar-refractivity contribution in [1.82, 2.24) is 14.9 Å². The average Bonchev–Trinajstić information content (AvgIpc) is 2.86. The van der Waals surface area contributed by atoms with E-state index in [9.17, 15) is 0 Å². The number of nitrogens with one attached hydrogen (secondary N) is 1. The van der Waals surface area contributed by atoms with Crippen molar-refractivity contribution in [3.8, 4) is 0 Å². The van der Waals surface area contributed by atoms with Crippen molar-refractivity contribution in [3.05, 3.63) is 18.2 Å². The molecule has 1 aromatic rings. The molecule has 0 aliphatic heterocycles. The molecule has 2 rings (SSSR count). The topological polar surface area (TPSA) is 29.9 Å². The fraction of sp³-hybridized carbons (Fsp3) is 0.700. The van der Waals surface area contributed by atoms with E-state index in [0.717, 1.165) is 19.1 Å². The van der Waals surface area contributed by atoms with Crippen molar-refractivity contribution < 1.29 is 0 Å². The monoisotopic (exact) mass is 179 g/mol. The summed E-state index contributed by atoms with van der Waals surface area (Å²) in [5.74, 6) is 1.17. The van der Waals surface area contributed by atoms with Crippen LogP contribution in [0.25, 0.3) is 0 Å². The Bertz CT molecular complexity index is 263. The van der Waals surface area contributed by atoms with E-state index in [1.54, 1.807) is 0 Å². The van der Waals surface area contributed by atoms with Crippen molar-refractivity contribution in [2.24, 2.45) is 0 Å². The van der Waals surface area contributed by atoms with Gasteiger partial charge in [0.25, 0.3) is 0 Å². The maximum absolute atomic E-state index is 4.34. The Kier molecular flexibility index (Phi) is 2.64. The number of hydrogen-bond acceptors (Lipinski definition) is 2. The molecule has 1 aliphatic rings. The van der Waals surface area contributed by atoms with Gasteiger partial charge in [0.1, 0.15) is 5.82 Å². The van der Waals surface area contributed by atoms with Crippen LogP contribution in [0.15, 0.2) is 12.4 Å². The van der Waals surface area contributed by atoms with Gasteiger partial charge in [-0.05, 0) is 19.3 Å². The van der Waals surface area contributed by atoms with E-state index >= 15 is 0 Å². The number of rotatable bonds is 5. The van der Waals surface area contributed by atoms with Gasteiger partial charge in [0.2, 0.25) is 0 Å². The van der Waals surface area contributed by atoms with Gasteiger partial charge in [-0.2, -0.15) is 0 Å². The molecular weight excluding hydrogens is 162 g/mol. The zero-order valence-electron chi connectivity index (χ0n) is 8.16. The standard InChI is InChI=1S/C10H17N3/c1-2-6-13-7-5-11-10(13)8-12-9-3-4-9/h5,7,9,12H,2-4,6,8H2,1H3. The van der Waals surface area contributed by atoms with E-state index in [2.05, 4.69) is 28.0 Å². The zero-order chi connectivity index (χ0) is 9.10. The first-order valence-corrected chi connectivity index (χ1v) is 5.13. The minimum absolute atomic E-state index is 0.770. The second-order valence-corrected chi connectivity index (χ2v) is 3.69. The highest BCUT2D eigenvalue weighted by Gasteiger charge is 2.20. The van der Waals surface area contributed by atoms with Crippen LogP contribution in [0.1, 0.15) is 32.0 Å². The minimum Gasteiger partial charge on any atom is -0.334 e. The molecule has 1 aliphatic carbocycles. The SMILES string of the molecule is CCCn1ccnc1CNC1CC1. The van der Waals surface area contributed by atoms with E-state index in [4.69, 9.17) is 0 Å². The first-order valence-electron chi connectivity index (χ1n) is 5.13. The molecular formula is C10H17N3. The molecule has 0 atom stereocenters. The van der Waals surface area contributed by atoms with Gasteiger partial charge >= 0.3 is 0 Å². The molecule has 0 aromatic carbocycles. The van der Waals surface area contributed by atoms with Crippen LogP contribution in [0.2, 0.25) is 0 Å². The summed E-state index contributed by atoms with van der Waals surface area (Å²) in [6.45, 7) is 4.21. The third-order valence-corrected chi connectivity index (χ3v) is 2.39. The summed E-state index contributed by atoms with van der Waals surface area (Å²) >= 11 is 0. The van der Waals surface area contributed by atoms with Crippen LogP contribution in [-0.2, 0) is 13.1 Å². The summed E-state index contributed by atoms with van der Waals surface area (Å²) in [4.78, 5) is 4.34. The van der Waals surface area contributed by atoms with Gasteiger partial charge in [0, 0.05) is 25.0 Å². The molecule has 0 unspecified atom stereocenters. The van der Waals surface area contributed by atoms with Crippen LogP contribution < -0.4 is 5.32 Å². The number of imidazole rings is 1. The highest BCUT2D eigenvalue weighted by atomic mass is 15.1. The molecule has 0 amide bonds. The molecule has 0 bridgehead atoms. The molecule has 0 saturated heterocycles. The lowest BCUT2D eigenvalue weighted by Crippen LogP contribution is -2.18. The van der Waals surface area contributed by atoms with E-state index in [1.165, 1.54) is 25.1 Å². The maximum Gasteiger partial charge on any atom is 0.122 e. The summed E-state index contributed by atoms with van der Waals surface area (Å²) in [7, 11) is 0. The van der Waals surface area contributed by atoms with Crippen molar-refractivity contribution >= 4 is 0 Å². The normalized spacial score (nSPS) is 16.4.